The maximum atomic E-state index is 5.71. The molecule has 0 amide bonds. The number of fused-ring (bicyclic) bond motifs is 1. The van der Waals surface area contributed by atoms with Gasteiger partial charge in [-0.3, -0.25) is 10.1 Å². The quantitative estimate of drug-likeness (QED) is 0.647. The Kier molecular flexibility index (Phi) is 1.86. The van der Waals surface area contributed by atoms with Crippen LogP contribution in [0.1, 0.15) is 0 Å². The molecular formula is C12H10N4. The summed E-state index contributed by atoms with van der Waals surface area (Å²) in [5.41, 5.74) is 8.63. The summed E-state index contributed by atoms with van der Waals surface area (Å²) >= 11 is 0. The van der Waals surface area contributed by atoms with Crippen LogP contribution in [0.25, 0.3) is 22.2 Å². The number of nitrogens with two attached hydrogens (primary N) is 1. The van der Waals surface area contributed by atoms with E-state index in [2.05, 4.69) is 15.2 Å². The van der Waals surface area contributed by atoms with Crippen LogP contribution < -0.4 is 5.73 Å². The first kappa shape index (κ1) is 8.91. The van der Waals surface area contributed by atoms with Crippen molar-refractivity contribution in [2.45, 2.75) is 0 Å². The fourth-order valence-electron chi connectivity index (χ4n) is 1.73. The molecule has 16 heavy (non-hydrogen) atoms. The molecule has 0 radical (unpaired) electrons. The van der Waals surface area contributed by atoms with Crippen molar-refractivity contribution in [3.63, 3.8) is 0 Å². The van der Waals surface area contributed by atoms with Crippen LogP contribution in [-0.4, -0.2) is 15.2 Å². The molecule has 2 aromatic heterocycles. The number of pyridine rings is 1. The van der Waals surface area contributed by atoms with Gasteiger partial charge in [0.2, 0.25) is 0 Å². The molecule has 0 atom stereocenters. The van der Waals surface area contributed by atoms with E-state index in [-0.39, 0.29) is 0 Å². The van der Waals surface area contributed by atoms with Gasteiger partial charge in [0.15, 0.2) is 5.82 Å². The molecule has 0 saturated carbocycles. The van der Waals surface area contributed by atoms with Crippen molar-refractivity contribution < 1.29 is 0 Å². The summed E-state index contributed by atoms with van der Waals surface area (Å²) in [7, 11) is 0. The number of hydrogen-bond acceptors (Lipinski definition) is 3. The zero-order chi connectivity index (χ0) is 11.0. The molecule has 0 aliphatic carbocycles. The van der Waals surface area contributed by atoms with Gasteiger partial charge >= 0.3 is 0 Å². The van der Waals surface area contributed by atoms with Gasteiger partial charge in [-0.15, -0.1) is 0 Å². The summed E-state index contributed by atoms with van der Waals surface area (Å²) in [5, 5.41) is 7.80. The van der Waals surface area contributed by atoms with Crippen molar-refractivity contribution in [2.75, 3.05) is 5.73 Å². The number of nitrogen functional groups attached to an aromatic ring is 1. The summed E-state index contributed by atoms with van der Waals surface area (Å²) in [6.07, 6.45) is 1.78. The zero-order valence-electron chi connectivity index (χ0n) is 8.51. The van der Waals surface area contributed by atoms with E-state index >= 15 is 0 Å². The second-order valence-electron chi connectivity index (χ2n) is 3.58. The maximum Gasteiger partial charge on any atom is 0.153 e. The molecule has 0 aliphatic rings. The van der Waals surface area contributed by atoms with Gasteiger partial charge in [0.05, 0.1) is 11.2 Å². The first-order chi connectivity index (χ1) is 7.84. The first-order valence-corrected chi connectivity index (χ1v) is 4.99. The summed E-state index contributed by atoms with van der Waals surface area (Å²) in [6, 6.07) is 11.8. The second-order valence-corrected chi connectivity index (χ2v) is 3.58. The predicted octanol–water partition coefficient (Wildman–Crippen LogP) is 2.21. The van der Waals surface area contributed by atoms with Crippen LogP contribution in [-0.2, 0) is 0 Å². The molecule has 3 aromatic rings. The van der Waals surface area contributed by atoms with E-state index in [0.717, 1.165) is 22.2 Å². The number of aromatic amines is 1. The third-order valence-corrected chi connectivity index (χ3v) is 2.55. The Labute approximate surface area is 92.1 Å². The highest BCUT2D eigenvalue weighted by Gasteiger charge is 2.04. The smallest absolute Gasteiger partial charge is 0.153 e. The van der Waals surface area contributed by atoms with Gasteiger partial charge in [0.1, 0.15) is 0 Å². The number of benzene rings is 1. The second kappa shape index (κ2) is 3.34. The number of rotatable bonds is 1. The van der Waals surface area contributed by atoms with E-state index in [4.69, 9.17) is 5.73 Å². The van der Waals surface area contributed by atoms with E-state index in [1.54, 1.807) is 6.20 Å². The molecule has 0 unspecified atom stereocenters. The molecule has 78 valence electrons. The lowest BCUT2D eigenvalue weighted by molar-refractivity contribution is 1.13. The lowest BCUT2D eigenvalue weighted by Gasteiger charge is -1.99. The Bertz CT molecular complexity index is 628. The minimum Gasteiger partial charge on any atom is -0.382 e. The maximum absolute atomic E-state index is 5.71. The van der Waals surface area contributed by atoms with Crippen molar-refractivity contribution in [3.8, 4) is 11.3 Å². The van der Waals surface area contributed by atoms with E-state index in [1.807, 2.05) is 36.4 Å². The summed E-state index contributed by atoms with van der Waals surface area (Å²) in [4.78, 5) is 4.30. The third-order valence-electron chi connectivity index (χ3n) is 2.55. The normalized spacial score (nSPS) is 10.8. The highest BCUT2D eigenvalue weighted by atomic mass is 15.1. The summed E-state index contributed by atoms with van der Waals surface area (Å²) in [5.74, 6) is 0.530. The summed E-state index contributed by atoms with van der Waals surface area (Å²) in [6.45, 7) is 0. The van der Waals surface area contributed by atoms with Crippen molar-refractivity contribution in [3.05, 3.63) is 42.6 Å². The fraction of sp³-hybridized carbons (Fsp3) is 0. The number of hydrogen-bond donors (Lipinski definition) is 2. The van der Waals surface area contributed by atoms with Crippen LogP contribution in [0.5, 0.6) is 0 Å². The third kappa shape index (κ3) is 1.32. The van der Waals surface area contributed by atoms with Gasteiger partial charge in [-0.1, -0.05) is 12.1 Å². The van der Waals surface area contributed by atoms with E-state index in [0.29, 0.717) is 5.82 Å². The lowest BCUT2D eigenvalue weighted by atomic mass is 10.1. The molecule has 1 aromatic carbocycles. The highest BCUT2D eigenvalue weighted by Crippen LogP contribution is 2.24. The van der Waals surface area contributed by atoms with E-state index < -0.39 is 0 Å². The molecule has 4 nitrogen and oxygen atoms in total. The van der Waals surface area contributed by atoms with Crippen LogP contribution in [0.2, 0.25) is 0 Å². The van der Waals surface area contributed by atoms with Crippen LogP contribution in [0.4, 0.5) is 5.82 Å². The van der Waals surface area contributed by atoms with Gasteiger partial charge in [-0.05, 0) is 24.3 Å². The highest BCUT2D eigenvalue weighted by molar-refractivity contribution is 5.91. The number of nitrogens with one attached hydrogen (secondary N) is 1. The Balaban J connectivity index is 2.19. The molecule has 3 rings (SSSR count). The molecular weight excluding hydrogens is 200 g/mol. The van der Waals surface area contributed by atoms with Crippen LogP contribution >= 0.6 is 0 Å². The van der Waals surface area contributed by atoms with Crippen LogP contribution in [0.15, 0.2) is 42.6 Å². The van der Waals surface area contributed by atoms with Crippen molar-refractivity contribution in [1.82, 2.24) is 15.2 Å². The van der Waals surface area contributed by atoms with Crippen molar-refractivity contribution >= 4 is 16.7 Å². The van der Waals surface area contributed by atoms with E-state index in [9.17, 15) is 0 Å². The van der Waals surface area contributed by atoms with Gasteiger partial charge in [-0.2, -0.15) is 5.10 Å². The Morgan fingerprint density at radius 1 is 1.12 bits per heavy atom. The topological polar surface area (TPSA) is 67.6 Å². The minimum absolute atomic E-state index is 0.530. The molecule has 0 fully saturated rings. The lowest BCUT2D eigenvalue weighted by Crippen LogP contribution is -1.84. The molecule has 2 heterocycles. The van der Waals surface area contributed by atoms with Crippen LogP contribution in [0, 0.1) is 0 Å². The Hall–Kier alpha value is -2.36. The largest absolute Gasteiger partial charge is 0.382 e. The summed E-state index contributed by atoms with van der Waals surface area (Å²) < 4.78 is 0. The monoisotopic (exact) mass is 210 g/mol. The number of H-pyrrole nitrogens is 1. The first-order valence-electron chi connectivity index (χ1n) is 4.99. The molecule has 4 heteroatoms. The molecule has 0 aliphatic heterocycles. The average Bonchev–Trinajstić information content (AvgIpc) is 2.72. The van der Waals surface area contributed by atoms with Gasteiger partial charge < -0.3 is 5.73 Å². The SMILES string of the molecule is Nc1n[nH]c2cc(-c3ccccn3)ccc12. The molecule has 0 spiro atoms. The van der Waals surface area contributed by atoms with Crippen molar-refractivity contribution in [1.29, 1.82) is 0 Å². The van der Waals surface area contributed by atoms with Crippen molar-refractivity contribution in [2.24, 2.45) is 0 Å². The minimum atomic E-state index is 0.530. The average molecular weight is 210 g/mol. The fourth-order valence-corrected chi connectivity index (χ4v) is 1.73. The zero-order valence-corrected chi connectivity index (χ0v) is 8.51. The number of anilines is 1. The molecule has 0 bridgehead atoms. The van der Waals surface area contributed by atoms with E-state index in [1.165, 1.54) is 0 Å². The Morgan fingerprint density at radius 3 is 2.88 bits per heavy atom. The molecule has 3 N–H and O–H groups in total. The van der Waals surface area contributed by atoms with Gasteiger partial charge in [-0.25, -0.2) is 0 Å². The van der Waals surface area contributed by atoms with Gasteiger partial charge in [0, 0.05) is 17.1 Å². The number of aromatic nitrogens is 3. The Morgan fingerprint density at radius 2 is 2.06 bits per heavy atom. The number of nitrogens with zero attached hydrogens (tertiary/aromatic N) is 2. The standard InChI is InChI=1S/C12H10N4/c13-12-9-5-4-8(7-11(9)15-16-12)10-3-1-2-6-14-10/h1-7H,(H3,13,15,16). The molecule has 0 saturated heterocycles. The van der Waals surface area contributed by atoms with Gasteiger partial charge in [0.25, 0.3) is 0 Å². The van der Waals surface area contributed by atoms with Crippen LogP contribution in [0.3, 0.4) is 0 Å². The predicted molar refractivity (Wildman–Crippen MR) is 63.7 cm³/mol.